The number of thiazole rings is 1. The molecule has 2 heterocycles. The van der Waals surface area contributed by atoms with Crippen LogP contribution in [0, 0.1) is 2.88 Å². The molecule has 0 bridgehead atoms. The molecule has 0 amide bonds. The highest BCUT2D eigenvalue weighted by Gasteiger charge is 2.13. The maximum atomic E-state index is 4.13. The van der Waals surface area contributed by atoms with Crippen LogP contribution in [0.15, 0.2) is 23.2 Å². The molecule has 16 heavy (non-hydrogen) atoms. The summed E-state index contributed by atoms with van der Waals surface area (Å²) in [6.45, 7) is 3.15. The normalized spacial score (nSPS) is 12.9. The quantitative estimate of drug-likeness (QED) is 0.819. The van der Waals surface area contributed by atoms with Crippen LogP contribution in [0.5, 0.6) is 0 Å². The van der Waals surface area contributed by atoms with Crippen LogP contribution in [-0.4, -0.2) is 11.5 Å². The van der Waals surface area contributed by atoms with E-state index in [9.17, 15) is 0 Å². The molecular weight excluding hydrogens is 351 g/mol. The number of aromatic nitrogens is 1. The molecule has 1 atom stereocenters. The Morgan fingerprint density at radius 1 is 1.50 bits per heavy atom. The molecule has 0 spiro atoms. The molecule has 2 rings (SSSR count). The van der Waals surface area contributed by atoms with Crippen molar-refractivity contribution in [3.63, 3.8) is 0 Å². The lowest BCUT2D eigenvalue weighted by Gasteiger charge is -2.15. The number of hydrogen-bond acceptors (Lipinski definition) is 4. The molecule has 2 nitrogen and oxygen atoms in total. The van der Waals surface area contributed by atoms with Crippen LogP contribution in [0.4, 0.5) is 0 Å². The fraction of sp³-hybridized carbons (Fsp3) is 0.364. The summed E-state index contributed by atoms with van der Waals surface area (Å²) < 4.78 is 1.35. The molecule has 5 heteroatoms. The highest BCUT2D eigenvalue weighted by molar-refractivity contribution is 14.1. The number of thiophene rings is 1. The summed E-state index contributed by atoms with van der Waals surface area (Å²) in [6, 6.07) is 2.68. The molecule has 0 aliphatic carbocycles. The molecule has 86 valence electrons. The Balaban J connectivity index is 2.11. The molecule has 2 aromatic heterocycles. The van der Waals surface area contributed by atoms with Crippen molar-refractivity contribution in [2.45, 2.75) is 19.4 Å². The van der Waals surface area contributed by atoms with Gasteiger partial charge in [0.1, 0.15) is 0 Å². The largest absolute Gasteiger partial charge is 0.310 e. The number of nitrogens with zero attached hydrogens (tertiary/aromatic N) is 1. The van der Waals surface area contributed by atoms with E-state index in [0.717, 1.165) is 13.0 Å². The first-order chi connectivity index (χ1) is 7.79. The van der Waals surface area contributed by atoms with Gasteiger partial charge in [0.2, 0.25) is 0 Å². The average molecular weight is 364 g/mol. The first kappa shape index (κ1) is 12.5. The maximum Gasteiger partial charge on any atom is 0.0794 e. The summed E-state index contributed by atoms with van der Waals surface area (Å²) in [4.78, 5) is 5.47. The van der Waals surface area contributed by atoms with Gasteiger partial charge < -0.3 is 5.32 Å². The van der Waals surface area contributed by atoms with Crippen molar-refractivity contribution in [2.24, 2.45) is 0 Å². The van der Waals surface area contributed by atoms with Crippen molar-refractivity contribution in [3.8, 4) is 0 Å². The van der Waals surface area contributed by atoms with Gasteiger partial charge in [0.25, 0.3) is 0 Å². The Morgan fingerprint density at radius 3 is 2.94 bits per heavy atom. The van der Waals surface area contributed by atoms with E-state index in [1.54, 1.807) is 22.7 Å². The van der Waals surface area contributed by atoms with Crippen molar-refractivity contribution >= 4 is 45.3 Å². The molecule has 1 N–H and O–H groups in total. The van der Waals surface area contributed by atoms with Gasteiger partial charge in [-0.15, -0.1) is 22.7 Å². The molecule has 0 aliphatic rings. The van der Waals surface area contributed by atoms with Crippen LogP contribution >= 0.6 is 45.3 Å². The van der Waals surface area contributed by atoms with Gasteiger partial charge in [-0.05, 0) is 46.1 Å². The summed E-state index contributed by atoms with van der Waals surface area (Å²) in [7, 11) is 0. The first-order valence-electron chi connectivity index (χ1n) is 5.14. The van der Waals surface area contributed by atoms with Crippen LogP contribution in [0.1, 0.15) is 23.4 Å². The van der Waals surface area contributed by atoms with Crippen LogP contribution in [0.25, 0.3) is 0 Å². The molecular formula is C11H13IN2S2. The Hall–Kier alpha value is 0.0200. The van der Waals surface area contributed by atoms with Crippen molar-refractivity contribution in [1.29, 1.82) is 0 Å². The standard InChI is InChI=1S/C11H13IN2S2/c1-2-14-10(4-9-5-13-7-16-9)8-3-11(12)15-6-8/h3,5-7,10,14H,2,4H2,1H3. The minimum absolute atomic E-state index is 0.421. The third-order valence-electron chi connectivity index (χ3n) is 2.33. The first-order valence-corrected chi connectivity index (χ1v) is 7.98. The lowest BCUT2D eigenvalue weighted by Crippen LogP contribution is -2.22. The molecule has 0 aliphatic heterocycles. The Bertz CT molecular complexity index is 425. The number of hydrogen-bond donors (Lipinski definition) is 1. The van der Waals surface area contributed by atoms with Crippen LogP contribution < -0.4 is 5.32 Å². The van der Waals surface area contributed by atoms with E-state index in [4.69, 9.17) is 0 Å². The monoisotopic (exact) mass is 364 g/mol. The van der Waals surface area contributed by atoms with E-state index in [2.05, 4.69) is 51.3 Å². The number of likely N-dealkylation sites (N-methyl/N-ethyl adjacent to an activating group) is 1. The third kappa shape index (κ3) is 3.26. The molecule has 0 radical (unpaired) electrons. The van der Waals surface area contributed by atoms with E-state index in [1.807, 2.05) is 11.7 Å². The topological polar surface area (TPSA) is 24.9 Å². The van der Waals surface area contributed by atoms with Gasteiger partial charge in [-0.1, -0.05) is 6.92 Å². The molecule has 2 aromatic rings. The highest BCUT2D eigenvalue weighted by Crippen LogP contribution is 2.25. The van der Waals surface area contributed by atoms with Crippen LogP contribution in [-0.2, 0) is 6.42 Å². The van der Waals surface area contributed by atoms with Gasteiger partial charge in [-0.2, -0.15) is 0 Å². The zero-order chi connectivity index (χ0) is 11.4. The van der Waals surface area contributed by atoms with Crippen molar-refractivity contribution in [3.05, 3.63) is 36.5 Å². The van der Waals surface area contributed by atoms with Gasteiger partial charge in [0.05, 0.1) is 8.39 Å². The smallest absolute Gasteiger partial charge is 0.0794 e. The fourth-order valence-electron chi connectivity index (χ4n) is 1.60. The summed E-state index contributed by atoms with van der Waals surface area (Å²) in [5.41, 5.74) is 3.29. The average Bonchev–Trinajstić information content (AvgIpc) is 2.88. The Labute approximate surface area is 117 Å². The second kappa shape index (κ2) is 6.09. The van der Waals surface area contributed by atoms with E-state index in [0.29, 0.717) is 6.04 Å². The summed E-state index contributed by atoms with van der Waals surface area (Å²) in [5, 5.41) is 5.78. The van der Waals surface area contributed by atoms with Crippen LogP contribution in [0.2, 0.25) is 0 Å². The van der Waals surface area contributed by atoms with Gasteiger partial charge in [-0.25, -0.2) is 0 Å². The second-order valence-electron chi connectivity index (χ2n) is 3.47. The molecule has 1 unspecified atom stereocenters. The number of halogens is 1. The van der Waals surface area contributed by atoms with Gasteiger partial charge >= 0.3 is 0 Å². The van der Waals surface area contributed by atoms with Gasteiger partial charge in [0, 0.05) is 23.5 Å². The summed E-state index contributed by atoms with van der Waals surface area (Å²) >= 11 is 5.91. The lowest BCUT2D eigenvalue weighted by atomic mass is 10.1. The summed E-state index contributed by atoms with van der Waals surface area (Å²) in [5.74, 6) is 0. The Morgan fingerprint density at radius 2 is 2.38 bits per heavy atom. The van der Waals surface area contributed by atoms with E-state index in [-0.39, 0.29) is 0 Å². The van der Waals surface area contributed by atoms with Crippen molar-refractivity contribution in [1.82, 2.24) is 10.3 Å². The minimum Gasteiger partial charge on any atom is -0.310 e. The highest BCUT2D eigenvalue weighted by atomic mass is 127. The lowest BCUT2D eigenvalue weighted by molar-refractivity contribution is 0.554. The Kier molecular flexibility index (Phi) is 4.75. The maximum absolute atomic E-state index is 4.13. The predicted octanol–water partition coefficient (Wildman–Crippen LogP) is 3.70. The molecule has 0 aromatic carbocycles. The number of nitrogens with one attached hydrogen (secondary N) is 1. The summed E-state index contributed by atoms with van der Waals surface area (Å²) in [6.07, 6.45) is 3.00. The van der Waals surface area contributed by atoms with E-state index >= 15 is 0 Å². The third-order valence-corrected chi connectivity index (χ3v) is 4.94. The molecule has 0 fully saturated rings. The van der Waals surface area contributed by atoms with Crippen molar-refractivity contribution in [2.75, 3.05) is 6.54 Å². The SMILES string of the molecule is CCNC(Cc1cncs1)c1csc(I)c1. The second-order valence-corrected chi connectivity index (χ2v) is 7.24. The van der Waals surface area contributed by atoms with Crippen molar-refractivity contribution < 1.29 is 0 Å². The van der Waals surface area contributed by atoms with Gasteiger partial charge in [-0.3, -0.25) is 4.98 Å². The zero-order valence-electron chi connectivity index (χ0n) is 8.94. The fourth-order valence-corrected chi connectivity index (χ4v) is 3.67. The minimum atomic E-state index is 0.421. The van der Waals surface area contributed by atoms with Crippen LogP contribution in [0.3, 0.4) is 0 Å². The predicted molar refractivity (Wildman–Crippen MR) is 79.3 cm³/mol. The number of rotatable bonds is 5. The van der Waals surface area contributed by atoms with E-state index < -0.39 is 0 Å². The van der Waals surface area contributed by atoms with E-state index in [1.165, 1.54) is 13.3 Å². The van der Waals surface area contributed by atoms with Gasteiger partial charge in [0.15, 0.2) is 0 Å². The molecule has 0 saturated heterocycles. The zero-order valence-corrected chi connectivity index (χ0v) is 12.7. The molecule has 0 saturated carbocycles.